The van der Waals surface area contributed by atoms with Gasteiger partial charge in [0.1, 0.15) is 10.7 Å². The molecule has 1 saturated heterocycles. The molecule has 1 aliphatic carbocycles. The Balaban J connectivity index is 1.34. The van der Waals surface area contributed by atoms with E-state index in [0.717, 1.165) is 41.9 Å². The molecule has 0 radical (unpaired) electrons. The number of rotatable bonds is 8. The van der Waals surface area contributed by atoms with Crippen molar-refractivity contribution in [3.8, 4) is 11.6 Å². The molecule has 2 N–H and O–H groups in total. The van der Waals surface area contributed by atoms with Gasteiger partial charge in [0, 0.05) is 35.8 Å². The fourth-order valence-electron chi connectivity index (χ4n) is 5.25. The summed E-state index contributed by atoms with van der Waals surface area (Å²) in [7, 11) is 0. The van der Waals surface area contributed by atoms with E-state index in [1.807, 2.05) is 54.5 Å². The number of hydrogen-bond acceptors (Lipinski definition) is 8. The summed E-state index contributed by atoms with van der Waals surface area (Å²) in [4.78, 5) is 33.6. The van der Waals surface area contributed by atoms with Gasteiger partial charge in [-0.05, 0) is 63.5 Å². The van der Waals surface area contributed by atoms with Crippen molar-refractivity contribution >= 4 is 17.2 Å². The van der Waals surface area contributed by atoms with Gasteiger partial charge in [0.15, 0.2) is 0 Å². The first-order valence-electron chi connectivity index (χ1n) is 13.4. The molecule has 9 nitrogen and oxygen atoms in total. The number of benzene rings is 1. The molecule has 10 heteroatoms. The van der Waals surface area contributed by atoms with Gasteiger partial charge in [0.2, 0.25) is 5.89 Å². The zero-order valence-corrected chi connectivity index (χ0v) is 23.0. The van der Waals surface area contributed by atoms with Crippen LogP contribution < -0.4 is 11.3 Å². The molecular weight excluding hydrogens is 512 g/mol. The number of nitrogens with zero attached hydrogens (tertiary/aromatic N) is 5. The molecule has 0 spiro atoms. The number of aryl methyl sites for hydroxylation is 1. The lowest BCUT2D eigenvalue weighted by Crippen LogP contribution is -2.35. The summed E-state index contributed by atoms with van der Waals surface area (Å²) in [5.41, 5.74) is 8.24. The first-order valence-corrected chi connectivity index (χ1v) is 14.3. The molecule has 3 aromatic heterocycles. The highest BCUT2D eigenvalue weighted by Gasteiger charge is 2.34. The van der Waals surface area contributed by atoms with Crippen LogP contribution in [0.5, 0.6) is 0 Å². The topological polar surface area (TPSA) is 120 Å². The lowest BCUT2D eigenvalue weighted by Gasteiger charge is -2.23. The Labute approximate surface area is 230 Å². The van der Waals surface area contributed by atoms with Crippen LogP contribution in [0.3, 0.4) is 0 Å². The summed E-state index contributed by atoms with van der Waals surface area (Å²) in [5.74, 6) is 0.715. The molecule has 1 aromatic carbocycles. The minimum Gasteiger partial charge on any atom is -0.417 e. The van der Waals surface area contributed by atoms with Crippen LogP contribution in [0, 0.1) is 12.8 Å². The Morgan fingerprint density at radius 2 is 1.97 bits per heavy atom. The van der Waals surface area contributed by atoms with E-state index in [-0.39, 0.29) is 29.3 Å². The Hall–Kier alpha value is -3.63. The summed E-state index contributed by atoms with van der Waals surface area (Å²) in [5, 5.41) is 11.5. The Bertz CT molecular complexity index is 1550. The molecule has 1 aliphatic heterocycles. The summed E-state index contributed by atoms with van der Waals surface area (Å²) in [6, 6.07) is 13.0. The third-order valence-electron chi connectivity index (χ3n) is 7.50. The second-order valence-electron chi connectivity index (χ2n) is 11.0. The van der Waals surface area contributed by atoms with E-state index in [1.165, 1.54) is 6.07 Å². The van der Waals surface area contributed by atoms with Gasteiger partial charge < -0.3 is 19.6 Å². The number of carbonyl (C=O) groups is 1. The molecule has 2 atom stereocenters. The van der Waals surface area contributed by atoms with Gasteiger partial charge in [0.05, 0.1) is 11.6 Å². The normalized spacial score (nSPS) is 18.8. The average molecular weight is 545 g/mol. The fraction of sp³-hybridized carbons (Fsp3) is 0.414. The van der Waals surface area contributed by atoms with Crippen molar-refractivity contribution in [2.24, 2.45) is 11.7 Å². The van der Waals surface area contributed by atoms with E-state index in [9.17, 15) is 9.59 Å². The van der Waals surface area contributed by atoms with Crippen LogP contribution in [0.15, 0.2) is 57.1 Å². The van der Waals surface area contributed by atoms with Crippen LogP contribution in [0.25, 0.3) is 11.6 Å². The van der Waals surface area contributed by atoms with Crippen LogP contribution in [0.2, 0.25) is 0 Å². The number of carbonyl (C=O) groups excluding carboxylic acids is 1. The van der Waals surface area contributed by atoms with Gasteiger partial charge in [-0.3, -0.25) is 9.59 Å². The number of aromatic nitrogens is 4. The van der Waals surface area contributed by atoms with Gasteiger partial charge >= 0.3 is 0 Å². The van der Waals surface area contributed by atoms with Gasteiger partial charge in [-0.2, -0.15) is 0 Å². The minimum absolute atomic E-state index is 0.0838. The molecule has 0 bridgehead atoms. The molecule has 2 fully saturated rings. The van der Waals surface area contributed by atoms with Crippen molar-refractivity contribution in [2.45, 2.75) is 64.1 Å². The smallest absolute Gasteiger partial charge is 0.264 e. The largest absolute Gasteiger partial charge is 0.417 e. The monoisotopic (exact) mass is 544 g/mol. The zero-order valence-electron chi connectivity index (χ0n) is 22.2. The molecule has 202 valence electrons. The Morgan fingerprint density at radius 3 is 2.69 bits per heavy atom. The second-order valence-corrected chi connectivity index (χ2v) is 11.9. The van der Waals surface area contributed by atoms with E-state index >= 15 is 0 Å². The Kier molecular flexibility index (Phi) is 6.68. The van der Waals surface area contributed by atoms with Crippen LogP contribution in [-0.4, -0.2) is 37.1 Å². The predicted molar refractivity (Wildman–Crippen MR) is 148 cm³/mol. The highest BCUT2D eigenvalue weighted by Crippen LogP contribution is 2.36. The number of nitrogens with two attached hydrogens (primary N) is 1. The fourth-order valence-corrected chi connectivity index (χ4v) is 6.20. The number of likely N-dealkylation sites (tertiary alicyclic amines) is 1. The van der Waals surface area contributed by atoms with Crippen LogP contribution >= 0.6 is 11.3 Å². The van der Waals surface area contributed by atoms with E-state index in [4.69, 9.17) is 10.2 Å². The Morgan fingerprint density at radius 1 is 1.18 bits per heavy atom. The van der Waals surface area contributed by atoms with Gasteiger partial charge in [0.25, 0.3) is 17.4 Å². The van der Waals surface area contributed by atoms with Crippen LogP contribution in [0.4, 0.5) is 0 Å². The number of hydrogen-bond donors (Lipinski definition) is 1. The molecule has 39 heavy (non-hydrogen) atoms. The lowest BCUT2D eigenvalue weighted by atomic mass is 9.94. The van der Waals surface area contributed by atoms with Crippen molar-refractivity contribution in [2.75, 3.05) is 6.54 Å². The van der Waals surface area contributed by atoms with Crippen LogP contribution in [0.1, 0.15) is 71.2 Å². The van der Waals surface area contributed by atoms with Crippen LogP contribution in [-0.2, 0) is 18.5 Å². The van der Waals surface area contributed by atoms with E-state index in [1.54, 1.807) is 22.0 Å². The third kappa shape index (κ3) is 5.31. The van der Waals surface area contributed by atoms with E-state index in [0.29, 0.717) is 36.7 Å². The second kappa shape index (κ2) is 10.2. The summed E-state index contributed by atoms with van der Waals surface area (Å²) >= 11 is 1.57. The highest BCUT2D eigenvalue weighted by atomic mass is 32.1. The number of amides is 1. The summed E-state index contributed by atoms with van der Waals surface area (Å²) in [6.07, 6.45) is 4.40. The summed E-state index contributed by atoms with van der Waals surface area (Å²) in [6.45, 7) is 4.98. The predicted octanol–water partition coefficient (Wildman–Crippen LogP) is 4.47. The van der Waals surface area contributed by atoms with Crippen molar-refractivity contribution in [1.82, 2.24) is 24.6 Å². The van der Waals surface area contributed by atoms with Gasteiger partial charge in [-0.25, -0.2) is 4.98 Å². The average Bonchev–Trinajstić information content (AvgIpc) is 3.29. The maximum atomic E-state index is 13.8. The van der Waals surface area contributed by atoms with Crippen molar-refractivity contribution < 1.29 is 9.21 Å². The highest BCUT2D eigenvalue weighted by molar-refractivity contribution is 7.09. The molecular formula is C29H32N6O3S. The molecule has 6 rings (SSSR count). The quantitative estimate of drug-likeness (QED) is 0.348. The third-order valence-corrected chi connectivity index (χ3v) is 8.56. The zero-order chi connectivity index (χ0) is 27.1. The van der Waals surface area contributed by atoms with Crippen molar-refractivity contribution in [1.29, 1.82) is 0 Å². The van der Waals surface area contributed by atoms with Crippen molar-refractivity contribution in [3.63, 3.8) is 0 Å². The van der Waals surface area contributed by atoms with E-state index in [2.05, 4.69) is 15.2 Å². The standard InChI is InChI=1S/C29H32N6O3S/c1-18-17-39-26(31-18)22-9-6-12-34(22)27(37)21-13-23(35(24(36)14-21)16-20-10-11-20)25-32-33-28(38-25)29(2,30)15-19-7-4-3-5-8-19/h3-5,7-8,13-14,17,20,22H,6,9-12,15-16,30H2,1-2H3/t22-,29+/m1/s1. The molecule has 4 heterocycles. The lowest BCUT2D eigenvalue weighted by molar-refractivity contribution is 0.0735. The molecule has 1 amide bonds. The van der Waals surface area contributed by atoms with Gasteiger partial charge in [-0.1, -0.05) is 30.3 Å². The first kappa shape index (κ1) is 25.6. The maximum absolute atomic E-state index is 13.8. The number of pyridine rings is 1. The van der Waals surface area contributed by atoms with Crippen molar-refractivity contribution in [3.05, 3.63) is 85.9 Å². The van der Waals surface area contributed by atoms with E-state index < -0.39 is 5.54 Å². The SMILES string of the molecule is Cc1csc([C@H]2CCCN2C(=O)c2cc(-c3nnc([C@@](C)(N)Cc4ccccc4)o3)n(CC3CC3)c(=O)c2)n1. The molecule has 4 aromatic rings. The number of thiazole rings is 1. The minimum atomic E-state index is -0.906. The maximum Gasteiger partial charge on any atom is 0.264 e. The van der Waals surface area contributed by atoms with Gasteiger partial charge in [-0.15, -0.1) is 21.5 Å². The summed E-state index contributed by atoms with van der Waals surface area (Å²) < 4.78 is 7.77. The molecule has 1 saturated carbocycles. The molecule has 2 aliphatic rings. The first-order chi connectivity index (χ1) is 18.8. The molecule has 0 unspecified atom stereocenters.